The van der Waals surface area contributed by atoms with Gasteiger partial charge < -0.3 is 15.2 Å². The van der Waals surface area contributed by atoms with Crippen LogP contribution < -0.4 is 40.0 Å². The molecule has 0 radical (unpaired) electrons. The Balaban J connectivity index is 0.000000644. The standard InChI is InChI=1S/C12H9Cl2N.C2H4O2.Na/c13-10-7-4-8-11(14)12(10)15-9-5-2-1-3-6-9;1-2(3)4;/h1-8,15H;1H3,(H,3,4);/q;;+1/p-1. The van der Waals surface area contributed by atoms with Crippen LogP contribution in [0, 0.1) is 0 Å². The number of hydrogen-bond acceptors (Lipinski definition) is 3. The molecule has 0 fully saturated rings. The fourth-order valence-corrected chi connectivity index (χ4v) is 1.77. The molecule has 100 valence electrons. The van der Waals surface area contributed by atoms with Crippen molar-refractivity contribution >= 4 is 40.5 Å². The first-order valence-corrected chi connectivity index (χ1v) is 6.20. The Morgan fingerprint density at radius 3 is 1.90 bits per heavy atom. The van der Waals surface area contributed by atoms with Gasteiger partial charge in [-0.25, -0.2) is 0 Å². The third kappa shape index (κ3) is 7.17. The predicted octanol–water partition coefficient (Wildman–Crippen LogP) is 0.497. The monoisotopic (exact) mass is 319 g/mol. The molecule has 0 atom stereocenters. The van der Waals surface area contributed by atoms with Crippen LogP contribution in [0.1, 0.15) is 6.92 Å². The first-order chi connectivity index (χ1) is 9.00. The summed E-state index contributed by atoms with van der Waals surface area (Å²) < 4.78 is 0. The normalized spacial score (nSPS) is 8.75. The fourth-order valence-electron chi connectivity index (χ4n) is 1.28. The number of benzene rings is 2. The molecule has 2 aromatic rings. The van der Waals surface area contributed by atoms with Gasteiger partial charge in [-0.3, -0.25) is 0 Å². The molecule has 0 aliphatic rings. The minimum atomic E-state index is -1.08. The van der Waals surface area contributed by atoms with Gasteiger partial charge in [-0.1, -0.05) is 47.5 Å². The van der Waals surface area contributed by atoms with E-state index in [0.717, 1.165) is 18.3 Å². The second kappa shape index (κ2) is 10.1. The van der Waals surface area contributed by atoms with Crippen LogP contribution in [0.25, 0.3) is 0 Å². The van der Waals surface area contributed by atoms with Crippen LogP contribution in [0.2, 0.25) is 10.0 Å². The second-order valence-electron chi connectivity index (χ2n) is 3.58. The number of hydrogen-bond donors (Lipinski definition) is 1. The first-order valence-electron chi connectivity index (χ1n) is 5.44. The van der Waals surface area contributed by atoms with Gasteiger partial charge in [-0.05, 0) is 31.2 Å². The summed E-state index contributed by atoms with van der Waals surface area (Å²) in [6, 6.07) is 15.2. The van der Waals surface area contributed by atoms with Crippen LogP contribution in [0.5, 0.6) is 0 Å². The van der Waals surface area contributed by atoms with Gasteiger partial charge in [0, 0.05) is 11.7 Å². The van der Waals surface area contributed by atoms with Crippen LogP contribution in [-0.4, -0.2) is 5.97 Å². The molecule has 0 aliphatic carbocycles. The third-order valence-corrected chi connectivity index (χ3v) is 2.64. The van der Waals surface area contributed by atoms with Crippen molar-refractivity contribution in [2.75, 3.05) is 5.32 Å². The zero-order valence-corrected chi connectivity index (χ0v) is 14.7. The van der Waals surface area contributed by atoms with E-state index in [-0.39, 0.29) is 29.6 Å². The molecule has 0 spiro atoms. The van der Waals surface area contributed by atoms with E-state index in [1.807, 2.05) is 36.4 Å². The van der Waals surface area contributed by atoms with Crippen LogP contribution in [0.3, 0.4) is 0 Å². The number of rotatable bonds is 2. The van der Waals surface area contributed by atoms with Crippen molar-refractivity contribution in [2.24, 2.45) is 0 Å². The van der Waals surface area contributed by atoms with E-state index in [1.54, 1.807) is 12.1 Å². The molecule has 0 aromatic heterocycles. The van der Waals surface area contributed by atoms with Crippen molar-refractivity contribution in [1.82, 2.24) is 0 Å². The average Bonchev–Trinajstić information content (AvgIpc) is 2.35. The summed E-state index contributed by atoms with van der Waals surface area (Å²) in [4.78, 5) is 8.89. The molecular formula is C14H12Cl2NNaO2. The number of carbonyl (C=O) groups is 1. The molecule has 0 saturated heterocycles. The predicted molar refractivity (Wildman–Crippen MR) is 76.9 cm³/mol. The zero-order valence-electron chi connectivity index (χ0n) is 11.2. The summed E-state index contributed by atoms with van der Waals surface area (Å²) >= 11 is 12.1. The van der Waals surface area contributed by atoms with Crippen LogP contribution in [-0.2, 0) is 4.79 Å². The summed E-state index contributed by atoms with van der Waals surface area (Å²) in [5, 5.41) is 13.3. The van der Waals surface area contributed by atoms with Crippen LogP contribution in [0.4, 0.5) is 11.4 Å². The number of carboxylic acids is 1. The molecule has 0 bridgehead atoms. The summed E-state index contributed by atoms with van der Waals surface area (Å²) in [6.45, 7) is 0.972. The minimum absolute atomic E-state index is 0. The summed E-state index contributed by atoms with van der Waals surface area (Å²) in [5.74, 6) is -1.08. The summed E-state index contributed by atoms with van der Waals surface area (Å²) in [6.07, 6.45) is 0. The minimum Gasteiger partial charge on any atom is -0.550 e. The first kappa shape index (κ1) is 19.3. The Hall–Kier alpha value is -0.710. The van der Waals surface area contributed by atoms with Crippen LogP contribution in [0.15, 0.2) is 48.5 Å². The summed E-state index contributed by atoms with van der Waals surface area (Å²) in [7, 11) is 0. The van der Waals surface area contributed by atoms with E-state index in [1.165, 1.54) is 0 Å². The van der Waals surface area contributed by atoms with Crippen molar-refractivity contribution in [3.05, 3.63) is 58.6 Å². The smallest absolute Gasteiger partial charge is 0.550 e. The molecule has 20 heavy (non-hydrogen) atoms. The van der Waals surface area contributed by atoms with Gasteiger partial charge in [0.25, 0.3) is 0 Å². The Morgan fingerprint density at radius 1 is 1.00 bits per heavy atom. The number of carboxylic acid groups (broad SMARTS) is 1. The van der Waals surface area contributed by atoms with Crippen LogP contribution >= 0.6 is 23.2 Å². The maximum Gasteiger partial charge on any atom is 1.00 e. The Bertz CT molecular complexity index is 526. The van der Waals surface area contributed by atoms with Gasteiger partial charge in [-0.15, -0.1) is 0 Å². The topological polar surface area (TPSA) is 52.2 Å². The van der Waals surface area contributed by atoms with E-state index >= 15 is 0 Å². The van der Waals surface area contributed by atoms with Gasteiger partial charge in [0.2, 0.25) is 0 Å². The Morgan fingerprint density at radius 2 is 1.45 bits per heavy atom. The van der Waals surface area contributed by atoms with Crippen molar-refractivity contribution in [3.8, 4) is 0 Å². The van der Waals surface area contributed by atoms with E-state index in [9.17, 15) is 0 Å². The molecule has 3 nitrogen and oxygen atoms in total. The Kier molecular flexibility index (Phi) is 9.72. The largest absolute Gasteiger partial charge is 1.00 e. The van der Waals surface area contributed by atoms with E-state index in [2.05, 4.69) is 5.32 Å². The van der Waals surface area contributed by atoms with Crippen molar-refractivity contribution in [2.45, 2.75) is 6.92 Å². The van der Waals surface area contributed by atoms with E-state index in [4.69, 9.17) is 33.1 Å². The molecule has 1 N–H and O–H groups in total. The quantitative estimate of drug-likeness (QED) is 0.820. The average molecular weight is 320 g/mol. The molecule has 0 heterocycles. The maximum absolute atomic E-state index is 8.89. The SMILES string of the molecule is CC(=O)[O-].Clc1cccc(Cl)c1Nc1ccccc1.[Na+]. The molecule has 2 aromatic carbocycles. The molecule has 0 saturated carbocycles. The molecule has 0 amide bonds. The Labute approximate surface area is 150 Å². The number of halogens is 2. The van der Waals surface area contributed by atoms with Crippen molar-refractivity contribution in [3.63, 3.8) is 0 Å². The van der Waals surface area contributed by atoms with E-state index in [0.29, 0.717) is 10.0 Å². The van der Waals surface area contributed by atoms with E-state index < -0.39 is 5.97 Å². The maximum atomic E-state index is 8.89. The molecule has 6 heteroatoms. The number of aliphatic carboxylic acids is 1. The van der Waals surface area contributed by atoms with Gasteiger partial charge in [-0.2, -0.15) is 0 Å². The number of nitrogens with one attached hydrogen (secondary N) is 1. The van der Waals surface area contributed by atoms with Gasteiger partial charge >= 0.3 is 29.6 Å². The second-order valence-corrected chi connectivity index (χ2v) is 4.39. The molecule has 0 aliphatic heterocycles. The number of para-hydroxylation sites is 2. The molecule has 2 rings (SSSR count). The van der Waals surface area contributed by atoms with Gasteiger partial charge in [0.05, 0.1) is 15.7 Å². The number of carbonyl (C=O) groups excluding carboxylic acids is 1. The zero-order chi connectivity index (χ0) is 14.3. The third-order valence-electron chi connectivity index (χ3n) is 2.01. The van der Waals surface area contributed by atoms with Gasteiger partial charge in [0.15, 0.2) is 0 Å². The fraction of sp³-hybridized carbons (Fsp3) is 0.0714. The number of anilines is 2. The van der Waals surface area contributed by atoms with Crippen molar-refractivity contribution in [1.29, 1.82) is 0 Å². The van der Waals surface area contributed by atoms with Crippen molar-refractivity contribution < 1.29 is 39.5 Å². The summed E-state index contributed by atoms with van der Waals surface area (Å²) in [5.41, 5.74) is 1.71. The molecule has 0 unspecified atom stereocenters. The molecular weight excluding hydrogens is 308 g/mol. The van der Waals surface area contributed by atoms with Gasteiger partial charge in [0.1, 0.15) is 0 Å².